The summed E-state index contributed by atoms with van der Waals surface area (Å²) in [5, 5.41) is 9.89. The van der Waals surface area contributed by atoms with Gasteiger partial charge in [0.05, 0.1) is 6.04 Å². The molecule has 1 heterocycles. The van der Waals surface area contributed by atoms with Crippen LogP contribution in [0.2, 0.25) is 25.7 Å². The maximum Gasteiger partial charge on any atom is 0.407 e. The molecule has 244 valence electrons. The number of benzene rings is 2. The Bertz CT molecular complexity index is 1420. The number of carbonyl (C=O) groups is 2. The third-order valence-corrected chi connectivity index (χ3v) is 10.7. The fourth-order valence-electron chi connectivity index (χ4n) is 6.37. The van der Waals surface area contributed by atoms with Gasteiger partial charge in [-0.05, 0) is 61.1 Å². The van der Waals surface area contributed by atoms with Gasteiger partial charge in [-0.3, -0.25) is 4.79 Å². The van der Waals surface area contributed by atoms with Crippen LogP contribution in [0.3, 0.4) is 0 Å². The topological polar surface area (TPSA) is 65.8 Å². The standard InChI is InChI=1S/C35H46ClF2N3O3Si/c1-45(2,3)20-19-39(35(43)44)17-10-18-41(33(42)23-36)34(27-13-8-5-9-14-27)32-21-28(30-22-29(37)15-16-31(30)38)25-40(32)24-26-11-6-4-7-12-26/h4,6-7,11-12,15-16,21-22,25,27,34H,5,8-10,13-14,17-20,23-24H2,1-3H3,(H,43,44)/t34-/m1/s1. The first-order valence-corrected chi connectivity index (χ1v) is 20.2. The van der Waals surface area contributed by atoms with Crippen molar-refractivity contribution in [1.82, 2.24) is 14.4 Å². The van der Waals surface area contributed by atoms with Gasteiger partial charge in [-0.25, -0.2) is 13.6 Å². The van der Waals surface area contributed by atoms with E-state index in [1.54, 1.807) is 0 Å². The molecule has 1 N–H and O–H groups in total. The van der Waals surface area contributed by atoms with E-state index in [2.05, 4.69) is 24.2 Å². The molecule has 0 spiro atoms. The van der Waals surface area contributed by atoms with E-state index in [1.165, 1.54) is 11.0 Å². The molecule has 2 amide bonds. The number of carboxylic acid groups (broad SMARTS) is 1. The average molecular weight is 658 g/mol. The minimum atomic E-state index is -1.45. The van der Waals surface area contributed by atoms with E-state index >= 15 is 4.39 Å². The van der Waals surface area contributed by atoms with Gasteiger partial charge in [0.25, 0.3) is 0 Å². The Morgan fingerprint density at radius 3 is 2.36 bits per heavy atom. The average Bonchev–Trinajstić information content (AvgIpc) is 3.41. The molecule has 0 bridgehead atoms. The summed E-state index contributed by atoms with van der Waals surface area (Å²) in [6.07, 6.45) is 6.42. The Kier molecular flexibility index (Phi) is 12.3. The number of carbonyl (C=O) groups excluding carboxylic acids is 1. The van der Waals surface area contributed by atoms with Crippen molar-refractivity contribution in [3.05, 3.63) is 83.7 Å². The van der Waals surface area contributed by atoms with Crippen LogP contribution >= 0.6 is 11.6 Å². The fourth-order valence-corrected chi connectivity index (χ4v) is 7.46. The molecule has 2 aromatic carbocycles. The molecule has 0 unspecified atom stereocenters. The molecule has 1 saturated carbocycles. The zero-order chi connectivity index (χ0) is 32.6. The van der Waals surface area contributed by atoms with Crippen molar-refractivity contribution in [1.29, 1.82) is 0 Å². The zero-order valence-electron chi connectivity index (χ0n) is 26.7. The first-order chi connectivity index (χ1) is 21.5. The van der Waals surface area contributed by atoms with Gasteiger partial charge in [-0.2, -0.15) is 0 Å². The maximum atomic E-state index is 15.1. The lowest BCUT2D eigenvalue weighted by Crippen LogP contribution is -2.43. The summed E-state index contributed by atoms with van der Waals surface area (Å²) in [5.41, 5.74) is 2.59. The Hall–Kier alpha value is -3.17. The predicted octanol–water partition coefficient (Wildman–Crippen LogP) is 8.88. The number of hydrogen-bond acceptors (Lipinski definition) is 2. The Labute approximate surface area is 272 Å². The van der Waals surface area contributed by atoms with E-state index in [4.69, 9.17) is 11.6 Å². The molecular formula is C35H46ClF2N3O3Si. The highest BCUT2D eigenvalue weighted by Gasteiger charge is 2.35. The van der Waals surface area contributed by atoms with Crippen molar-refractivity contribution in [3.63, 3.8) is 0 Å². The summed E-state index contributed by atoms with van der Waals surface area (Å²) in [4.78, 5) is 29.0. The second kappa shape index (κ2) is 15.9. The van der Waals surface area contributed by atoms with Crippen molar-refractivity contribution in [2.45, 2.75) is 76.8 Å². The summed E-state index contributed by atoms with van der Waals surface area (Å²) in [5.74, 6) is -1.32. The Morgan fingerprint density at radius 2 is 1.71 bits per heavy atom. The smallest absolute Gasteiger partial charge is 0.407 e. The van der Waals surface area contributed by atoms with Crippen LogP contribution in [0.1, 0.15) is 55.8 Å². The van der Waals surface area contributed by atoms with E-state index in [-0.39, 0.29) is 29.3 Å². The van der Waals surface area contributed by atoms with Crippen LogP contribution in [0.5, 0.6) is 0 Å². The monoisotopic (exact) mass is 657 g/mol. The van der Waals surface area contributed by atoms with Gasteiger partial charge in [0.15, 0.2) is 0 Å². The van der Waals surface area contributed by atoms with Crippen LogP contribution in [0.25, 0.3) is 11.1 Å². The molecule has 0 saturated heterocycles. The minimum Gasteiger partial charge on any atom is -0.465 e. The van der Waals surface area contributed by atoms with E-state index in [0.717, 1.165) is 61.5 Å². The molecule has 4 rings (SSSR count). The Balaban J connectivity index is 1.74. The van der Waals surface area contributed by atoms with Gasteiger partial charge in [0.1, 0.15) is 17.5 Å². The summed E-state index contributed by atoms with van der Waals surface area (Å²) in [7, 11) is -1.45. The fraction of sp³-hybridized carbons (Fsp3) is 0.486. The largest absolute Gasteiger partial charge is 0.465 e. The van der Waals surface area contributed by atoms with Gasteiger partial charge in [0.2, 0.25) is 5.91 Å². The summed E-state index contributed by atoms with van der Waals surface area (Å²) in [6, 6.07) is 15.8. The summed E-state index contributed by atoms with van der Waals surface area (Å²) < 4.78 is 31.4. The van der Waals surface area contributed by atoms with E-state index < -0.39 is 25.8 Å². The van der Waals surface area contributed by atoms with Gasteiger partial charge in [0, 0.05) is 57.3 Å². The highest BCUT2D eigenvalue weighted by atomic mass is 35.5. The van der Waals surface area contributed by atoms with E-state index in [1.807, 2.05) is 47.5 Å². The molecule has 3 aromatic rings. The number of amides is 2. The highest BCUT2D eigenvalue weighted by molar-refractivity contribution is 6.76. The van der Waals surface area contributed by atoms with Gasteiger partial charge in [-0.15, -0.1) is 11.6 Å². The molecule has 10 heteroatoms. The van der Waals surface area contributed by atoms with E-state index in [0.29, 0.717) is 38.2 Å². The number of halogens is 3. The normalized spacial score (nSPS) is 14.7. The lowest BCUT2D eigenvalue weighted by molar-refractivity contribution is -0.132. The van der Waals surface area contributed by atoms with Crippen molar-refractivity contribution in [2.24, 2.45) is 5.92 Å². The van der Waals surface area contributed by atoms with Crippen molar-refractivity contribution >= 4 is 31.7 Å². The number of hydrogen-bond donors (Lipinski definition) is 1. The van der Waals surface area contributed by atoms with Gasteiger partial charge < -0.3 is 19.5 Å². The maximum absolute atomic E-state index is 15.1. The molecule has 45 heavy (non-hydrogen) atoms. The third-order valence-electron chi connectivity index (χ3n) is 8.76. The second-order valence-electron chi connectivity index (χ2n) is 13.4. The second-order valence-corrected chi connectivity index (χ2v) is 19.3. The van der Waals surface area contributed by atoms with Crippen LogP contribution in [0.15, 0.2) is 60.8 Å². The molecular weight excluding hydrogens is 612 g/mol. The first kappa shape index (κ1) is 34.7. The third kappa shape index (κ3) is 9.66. The van der Waals surface area contributed by atoms with Gasteiger partial charge in [-0.1, -0.05) is 69.2 Å². The quantitative estimate of drug-likeness (QED) is 0.139. The van der Waals surface area contributed by atoms with Crippen LogP contribution < -0.4 is 0 Å². The number of rotatable bonds is 14. The predicted molar refractivity (Wildman–Crippen MR) is 179 cm³/mol. The van der Waals surface area contributed by atoms with Crippen molar-refractivity contribution in [2.75, 3.05) is 25.5 Å². The highest BCUT2D eigenvalue weighted by Crippen LogP contribution is 2.41. The van der Waals surface area contributed by atoms with Crippen LogP contribution in [0.4, 0.5) is 13.6 Å². The lowest BCUT2D eigenvalue weighted by Gasteiger charge is -2.39. The molecule has 1 atom stereocenters. The first-order valence-electron chi connectivity index (χ1n) is 16.0. The minimum absolute atomic E-state index is 0.142. The van der Waals surface area contributed by atoms with Crippen LogP contribution in [-0.4, -0.2) is 65.1 Å². The van der Waals surface area contributed by atoms with Gasteiger partial charge >= 0.3 is 6.09 Å². The van der Waals surface area contributed by atoms with Crippen molar-refractivity contribution < 1.29 is 23.5 Å². The SMILES string of the molecule is C[Si](C)(C)CCN(CCCN(C(=O)CCl)[C@@H](c1cc(-c2cc(F)ccc2F)cn1Cc1ccccc1)C1CCCCC1)C(=O)O. The summed E-state index contributed by atoms with van der Waals surface area (Å²) >= 11 is 6.23. The zero-order valence-corrected chi connectivity index (χ0v) is 28.4. The molecule has 1 aromatic heterocycles. The molecule has 1 fully saturated rings. The Morgan fingerprint density at radius 1 is 1.00 bits per heavy atom. The number of nitrogens with zero attached hydrogens (tertiary/aromatic N) is 3. The number of aromatic nitrogens is 1. The molecule has 1 aliphatic carbocycles. The van der Waals surface area contributed by atoms with Crippen molar-refractivity contribution in [3.8, 4) is 11.1 Å². The van der Waals surface area contributed by atoms with Crippen LogP contribution in [0, 0.1) is 17.6 Å². The molecule has 6 nitrogen and oxygen atoms in total. The molecule has 0 radical (unpaired) electrons. The molecule has 0 aliphatic heterocycles. The summed E-state index contributed by atoms with van der Waals surface area (Å²) in [6.45, 7) is 8.27. The molecule has 1 aliphatic rings. The van der Waals surface area contributed by atoms with E-state index in [9.17, 15) is 19.1 Å². The van der Waals surface area contributed by atoms with Crippen LogP contribution in [-0.2, 0) is 11.3 Å². The lowest BCUT2D eigenvalue weighted by atomic mass is 9.81. The number of alkyl halides is 1.